The fraction of sp³-hybridized carbons (Fsp3) is 0.367. The summed E-state index contributed by atoms with van der Waals surface area (Å²) < 4.78 is 6.34. The summed E-state index contributed by atoms with van der Waals surface area (Å²) in [6.45, 7) is 4.19. The number of para-hydroxylation sites is 1. The van der Waals surface area contributed by atoms with E-state index in [0.717, 1.165) is 31.2 Å². The van der Waals surface area contributed by atoms with Gasteiger partial charge in [0.05, 0.1) is 17.2 Å². The van der Waals surface area contributed by atoms with Gasteiger partial charge in [-0.3, -0.25) is 9.59 Å². The first-order valence-electron chi connectivity index (χ1n) is 13.0. The van der Waals surface area contributed by atoms with Crippen LogP contribution in [-0.4, -0.2) is 58.9 Å². The molecule has 0 bridgehead atoms. The number of pyridine rings is 1. The van der Waals surface area contributed by atoms with Gasteiger partial charge in [0, 0.05) is 25.8 Å². The molecule has 0 radical (unpaired) electrons. The highest BCUT2D eigenvalue weighted by molar-refractivity contribution is 6.32. The van der Waals surface area contributed by atoms with Crippen LogP contribution in [0.25, 0.3) is 0 Å². The van der Waals surface area contributed by atoms with Crippen LogP contribution >= 0.6 is 11.6 Å². The van der Waals surface area contributed by atoms with Gasteiger partial charge >= 0.3 is 0 Å². The van der Waals surface area contributed by atoms with Gasteiger partial charge in [-0.15, -0.1) is 0 Å². The fourth-order valence-corrected chi connectivity index (χ4v) is 4.96. The van der Waals surface area contributed by atoms with Crippen molar-refractivity contribution in [2.45, 2.75) is 45.1 Å². The molecule has 0 N–H and O–H groups in total. The third-order valence-corrected chi connectivity index (χ3v) is 7.10. The Bertz CT molecular complexity index is 1190. The van der Waals surface area contributed by atoms with Gasteiger partial charge in [-0.25, -0.2) is 4.98 Å². The molecule has 37 heavy (non-hydrogen) atoms. The van der Waals surface area contributed by atoms with Crippen LogP contribution in [0.1, 0.15) is 58.9 Å². The molecule has 1 aliphatic heterocycles. The van der Waals surface area contributed by atoms with Crippen molar-refractivity contribution < 1.29 is 14.3 Å². The summed E-state index contributed by atoms with van der Waals surface area (Å²) in [5.74, 6) is 0.356. The van der Waals surface area contributed by atoms with Crippen LogP contribution < -0.4 is 4.74 Å². The van der Waals surface area contributed by atoms with Gasteiger partial charge in [0.2, 0.25) is 0 Å². The predicted molar refractivity (Wildman–Crippen MR) is 146 cm³/mol. The van der Waals surface area contributed by atoms with Crippen molar-refractivity contribution in [1.29, 1.82) is 0 Å². The molecule has 194 valence electrons. The highest BCUT2D eigenvalue weighted by atomic mass is 35.5. The summed E-state index contributed by atoms with van der Waals surface area (Å²) in [5, 5.41) is 0.196. The van der Waals surface area contributed by atoms with Crippen molar-refractivity contribution in [3.05, 3.63) is 94.8 Å². The van der Waals surface area contributed by atoms with Crippen LogP contribution in [0.4, 0.5) is 0 Å². The number of hydrogen-bond acceptors (Lipinski definition) is 4. The van der Waals surface area contributed by atoms with Gasteiger partial charge in [-0.2, -0.15) is 0 Å². The summed E-state index contributed by atoms with van der Waals surface area (Å²) in [6.07, 6.45) is 5.92. The standard InChI is InChI=1S/C30H34ClN3O3/c1-2-33-19-10-3-4-11-20-34(30(36)26-16-12-18-32-28(26)31)24(21-23-13-6-5-7-14-23)22-37-27-17-9-8-15-25(27)29(33)35/h5-9,12-18,24H,2-4,10-11,19-22H2,1H3/t24-/m1/s1. The maximum atomic E-state index is 13.8. The second-order valence-corrected chi connectivity index (χ2v) is 9.65. The number of halogens is 1. The molecule has 0 saturated heterocycles. The largest absolute Gasteiger partial charge is 0.491 e. The Hall–Kier alpha value is -3.38. The molecule has 1 atom stereocenters. The lowest BCUT2D eigenvalue weighted by atomic mass is 10.0. The quantitative estimate of drug-likeness (QED) is 0.402. The van der Waals surface area contributed by atoms with Crippen molar-refractivity contribution in [2.75, 3.05) is 26.2 Å². The molecule has 0 aliphatic carbocycles. The van der Waals surface area contributed by atoms with E-state index in [2.05, 4.69) is 17.1 Å². The Balaban J connectivity index is 1.70. The van der Waals surface area contributed by atoms with Gasteiger partial charge < -0.3 is 14.5 Å². The summed E-state index contributed by atoms with van der Waals surface area (Å²) in [6, 6.07) is 20.6. The maximum absolute atomic E-state index is 13.8. The second-order valence-electron chi connectivity index (χ2n) is 9.29. The number of benzene rings is 2. The van der Waals surface area contributed by atoms with Gasteiger partial charge in [0.1, 0.15) is 17.5 Å². The molecule has 2 aromatic carbocycles. The zero-order valence-corrected chi connectivity index (χ0v) is 22.1. The summed E-state index contributed by atoms with van der Waals surface area (Å²) in [7, 11) is 0. The second kappa shape index (κ2) is 13.2. The lowest BCUT2D eigenvalue weighted by Gasteiger charge is -2.33. The van der Waals surface area contributed by atoms with E-state index in [4.69, 9.17) is 16.3 Å². The molecule has 4 rings (SSSR count). The lowest BCUT2D eigenvalue weighted by Crippen LogP contribution is -2.46. The lowest BCUT2D eigenvalue weighted by molar-refractivity contribution is 0.0597. The minimum absolute atomic E-state index is 0.0233. The van der Waals surface area contributed by atoms with E-state index in [1.807, 2.05) is 59.2 Å². The van der Waals surface area contributed by atoms with Crippen molar-refractivity contribution >= 4 is 23.4 Å². The summed E-state index contributed by atoms with van der Waals surface area (Å²) in [4.78, 5) is 35.1. The number of amides is 2. The molecule has 7 heteroatoms. The van der Waals surface area contributed by atoms with E-state index in [-0.39, 0.29) is 29.6 Å². The fourth-order valence-electron chi connectivity index (χ4n) is 4.76. The number of aromatic nitrogens is 1. The van der Waals surface area contributed by atoms with Crippen LogP contribution in [-0.2, 0) is 6.42 Å². The molecule has 1 aliphatic rings. The third-order valence-electron chi connectivity index (χ3n) is 6.80. The maximum Gasteiger partial charge on any atom is 0.257 e. The van der Waals surface area contributed by atoms with E-state index in [1.54, 1.807) is 18.3 Å². The van der Waals surface area contributed by atoms with Crippen molar-refractivity contribution in [2.24, 2.45) is 0 Å². The number of carbonyl (C=O) groups excluding carboxylic acids is 2. The van der Waals surface area contributed by atoms with Crippen LogP contribution in [0.3, 0.4) is 0 Å². The average Bonchev–Trinajstić information content (AvgIpc) is 2.93. The van der Waals surface area contributed by atoms with Crippen molar-refractivity contribution in [3.63, 3.8) is 0 Å². The minimum Gasteiger partial charge on any atom is -0.491 e. The van der Waals surface area contributed by atoms with Gasteiger partial charge in [0.15, 0.2) is 0 Å². The average molecular weight is 520 g/mol. The molecule has 3 aromatic rings. The number of nitrogens with zero attached hydrogens (tertiary/aromatic N) is 3. The molecule has 6 nitrogen and oxygen atoms in total. The summed E-state index contributed by atoms with van der Waals surface area (Å²) >= 11 is 6.34. The predicted octanol–water partition coefficient (Wildman–Crippen LogP) is 5.90. The number of carbonyl (C=O) groups is 2. The summed E-state index contributed by atoms with van der Waals surface area (Å²) in [5.41, 5.74) is 2.04. The topological polar surface area (TPSA) is 62.7 Å². The zero-order valence-electron chi connectivity index (χ0n) is 21.3. The number of hydrogen-bond donors (Lipinski definition) is 0. The highest BCUT2D eigenvalue weighted by Gasteiger charge is 2.28. The Morgan fingerprint density at radius 3 is 2.46 bits per heavy atom. The normalized spacial score (nSPS) is 17.5. The van der Waals surface area contributed by atoms with Gasteiger partial charge in [-0.05, 0) is 56.0 Å². The molecule has 2 heterocycles. The van der Waals surface area contributed by atoms with Crippen LogP contribution in [0.5, 0.6) is 5.75 Å². The Morgan fingerprint density at radius 2 is 1.70 bits per heavy atom. The molecule has 1 aromatic heterocycles. The first-order valence-corrected chi connectivity index (χ1v) is 13.4. The molecule has 0 saturated carbocycles. The van der Waals surface area contributed by atoms with Crippen LogP contribution in [0, 0.1) is 0 Å². The van der Waals surface area contributed by atoms with Crippen molar-refractivity contribution in [1.82, 2.24) is 14.8 Å². The molecular formula is C30H34ClN3O3. The molecule has 0 fully saturated rings. The number of rotatable bonds is 4. The van der Waals surface area contributed by atoms with Gasteiger partial charge in [-0.1, -0.05) is 66.9 Å². The SMILES string of the molecule is CCN1CCCCCCN(C(=O)c2cccnc2Cl)[C@H](Cc2ccccc2)COc2ccccc2C1=O. The molecular weight excluding hydrogens is 486 g/mol. The first-order chi connectivity index (χ1) is 18.1. The van der Waals surface area contributed by atoms with E-state index in [1.165, 1.54) is 0 Å². The number of fused-ring (bicyclic) bond motifs is 1. The monoisotopic (exact) mass is 519 g/mol. The Labute approximate surface area is 224 Å². The van der Waals surface area contributed by atoms with Crippen LogP contribution in [0.2, 0.25) is 5.15 Å². The van der Waals surface area contributed by atoms with E-state index in [0.29, 0.717) is 42.9 Å². The van der Waals surface area contributed by atoms with Crippen molar-refractivity contribution in [3.8, 4) is 5.75 Å². The third kappa shape index (κ3) is 6.89. The molecule has 0 spiro atoms. The van der Waals surface area contributed by atoms with E-state index >= 15 is 0 Å². The molecule has 2 amide bonds. The zero-order chi connectivity index (χ0) is 26.0. The Morgan fingerprint density at radius 1 is 0.973 bits per heavy atom. The highest BCUT2D eigenvalue weighted by Crippen LogP contribution is 2.24. The first kappa shape index (κ1) is 26.7. The van der Waals surface area contributed by atoms with Crippen LogP contribution in [0.15, 0.2) is 72.9 Å². The minimum atomic E-state index is -0.264. The smallest absolute Gasteiger partial charge is 0.257 e. The Kier molecular flexibility index (Phi) is 9.55. The van der Waals surface area contributed by atoms with Gasteiger partial charge in [0.25, 0.3) is 11.8 Å². The van der Waals surface area contributed by atoms with E-state index < -0.39 is 0 Å². The van der Waals surface area contributed by atoms with E-state index in [9.17, 15) is 9.59 Å². The number of ether oxygens (including phenoxy) is 1. The molecule has 0 unspecified atom stereocenters.